The molecular weight excluding hydrogens is 610 g/mol. The summed E-state index contributed by atoms with van der Waals surface area (Å²) in [6.45, 7) is 7.76. The second-order valence-electron chi connectivity index (χ2n) is 13.1. The fourth-order valence-corrected chi connectivity index (χ4v) is 6.14. The van der Waals surface area contributed by atoms with Gasteiger partial charge in [-0.25, -0.2) is 10.4 Å². The summed E-state index contributed by atoms with van der Waals surface area (Å²) in [7, 11) is 0. The molecule has 0 aromatic heterocycles. The molecule has 2 unspecified atom stereocenters. The standard InChI is InChI=1S/C32H51N7O8/c1-5-6-7-10-21(32(46)47)18-27(41)38-25(12-9-15-33-38)30(44)36-22-13-14-26(40)24-11-8-16-34-39(24)31(45)20(4)35-29(43)23(17-19(2)3)37-28(22)42/h15,19-25,34H,5-14,16-18H2,1-4H3,(H,35,43)(H,36,44)(H,37,42)(H,46,47)/t20-,21+,22?,23?,24+,25-/m0/s1. The van der Waals surface area contributed by atoms with Crippen molar-refractivity contribution in [2.24, 2.45) is 16.9 Å². The van der Waals surface area contributed by atoms with E-state index >= 15 is 0 Å². The number of hydrogen-bond donors (Lipinski definition) is 5. The molecular formula is C32H51N7O8. The maximum absolute atomic E-state index is 13.7. The third-order valence-corrected chi connectivity index (χ3v) is 8.79. The molecule has 2 fully saturated rings. The van der Waals surface area contributed by atoms with Crippen LogP contribution in [0.1, 0.15) is 105 Å². The van der Waals surface area contributed by atoms with E-state index in [1.54, 1.807) is 0 Å². The average Bonchev–Trinajstić information content (AvgIpc) is 3.04. The van der Waals surface area contributed by atoms with Crippen LogP contribution in [0.2, 0.25) is 0 Å². The molecule has 47 heavy (non-hydrogen) atoms. The first-order chi connectivity index (χ1) is 22.3. The van der Waals surface area contributed by atoms with Crippen molar-refractivity contribution in [3.63, 3.8) is 0 Å². The van der Waals surface area contributed by atoms with E-state index in [9.17, 15) is 38.7 Å². The Hall–Kier alpha value is -3.88. The molecule has 3 rings (SSSR count). The largest absolute Gasteiger partial charge is 0.481 e. The summed E-state index contributed by atoms with van der Waals surface area (Å²) >= 11 is 0. The van der Waals surface area contributed by atoms with Crippen molar-refractivity contribution < 1.29 is 38.7 Å². The van der Waals surface area contributed by atoms with Gasteiger partial charge >= 0.3 is 5.97 Å². The molecule has 0 aromatic carbocycles. The molecule has 3 heterocycles. The average molecular weight is 662 g/mol. The van der Waals surface area contributed by atoms with Crippen LogP contribution in [0.25, 0.3) is 0 Å². The molecule has 5 N–H and O–H groups in total. The summed E-state index contributed by atoms with van der Waals surface area (Å²) in [5.74, 6) is -5.32. The van der Waals surface area contributed by atoms with Crippen molar-refractivity contribution in [3.05, 3.63) is 0 Å². The van der Waals surface area contributed by atoms with Gasteiger partial charge in [-0.15, -0.1) is 0 Å². The fourth-order valence-electron chi connectivity index (χ4n) is 6.14. The van der Waals surface area contributed by atoms with Crippen LogP contribution in [-0.2, 0) is 33.6 Å². The van der Waals surface area contributed by atoms with Gasteiger partial charge in [-0.05, 0) is 57.8 Å². The number of unbranched alkanes of at least 4 members (excludes halogenated alkanes) is 2. The smallest absolute Gasteiger partial charge is 0.307 e. The Balaban J connectivity index is 1.84. The minimum atomic E-state index is -1.24. The molecule has 0 bridgehead atoms. The van der Waals surface area contributed by atoms with Crippen LogP contribution in [0.3, 0.4) is 0 Å². The minimum absolute atomic E-state index is 0.00762. The van der Waals surface area contributed by atoms with Crippen molar-refractivity contribution in [2.45, 2.75) is 135 Å². The number of nitrogens with zero attached hydrogens (tertiary/aromatic N) is 3. The van der Waals surface area contributed by atoms with Crippen LogP contribution in [0.15, 0.2) is 5.10 Å². The van der Waals surface area contributed by atoms with Gasteiger partial charge < -0.3 is 21.1 Å². The number of ketones is 1. The zero-order chi connectivity index (χ0) is 34.7. The first kappa shape index (κ1) is 37.6. The SMILES string of the molecule is CCCCC[C@H](CC(=O)N1N=CCC[C@H]1C(=O)NC1CCC(=O)[C@H]2CCCNN2C(=O)[C@H](C)NC(=O)C(CC(C)C)NC1=O)C(=O)O. The number of fused-ring (bicyclic) bond motifs is 1. The Morgan fingerprint density at radius 1 is 1.06 bits per heavy atom. The number of carbonyl (C=O) groups excluding carboxylic acids is 6. The molecule has 3 aliphatic heterocycles. The van der Waals surface area contributed by atoms with Crippen LogP contribution in [0.4, 0.5) is 0 Å². The highest BCUT2D eigenvalue weighted by molar-refractivity contribution is 5.97. The number of hydrogen-bond acceptors (Lipinski definition) is 9. The van der Waals surface area contributed by atoms with Crippen LogP contribution in [0.5, 0.6) is 0 Å². The molecule has 5 amide bonds. The van der Waals surface area contributed by atoms with E-state index in [1.165, 1.54) is 18.1 Å². The molecule has 15 nitrogen and oxygen atoms in total. The highest BCUT2D eigenvalue weighted by Gasteiger charge is 2.39. The molecule has 0 spiro atoms. The highest BCUT2D eigenvalue weighted by atomic mass is 16.4. The molecule has 0 radical (unpaired) electrons. The maximum atomic E-state index is 13.7. The first-order valence-corrected chi connectivity index (χ1v) is 16.9. The third kappa shape index (κ3) is 10.6. The minimum Gasteiger partial charge on any atom is -0.481 e. The van der Waals surface area contributed by atoms with Gasteiger partial charge in [0.25, 0.3) is 5.91 Å². The van der Waals surface area contributed by atoms with Gasteiger partial charge in [0.2, 0.25) is 23.6 Å². The Morgan fingerprint density at radius 2 is 1.81 bits per heavy atom. The van der Waals surface area contributed by atoms with Gasteiger partial charge in [0.15, 0.2) is 5.78 Å². The fraction of sp³-hybridized carbons (Fsp3) is 0.750. The Morgan fingerprint density at radius 3 is 2.49 bits per heavy atom. The molecule has 2 saturated heterocycles. The third-order valence-electron chi connectivity index (χ3n) is 8.79. The predicted octanol–water partition coefficient (Wildman–Crippen LogP) is 1.01. The van der Waals surface area contributed by atoms with E-state index in [-0.39, 0.29) is 43.8 Å². The topological polar surface area (TPSA) is 207 Å². The Labute approximate surface area is 276 Å². The van der Waals surface area contributed by atoms with Crippen LogP contribution in [0, 0.1) is 11.8 Å². The Bertz CT molecular complexity index is 1210. The summed E-state index contributed by atoms with van der Waals surface area (Å²) in [4.78, 5) is 92.6. The maximum Gasteiger partial charge on any atom is 0.307 e. The van der Waals surface area contributed by atoms with Crippen molar-refractivity contribution in [1.82, 2.24) is 31.4 Å². The second kappa shape index (κ2) is 17.9. The molecule has 0 saturated carbocycles. The normalized spacial score (nSPS) is 26.7. The lowest BCUT2D eigenvalue weighted by Gasteiger charge is -2.37. The summed E-state index contributed by atoms with van der Waals surface area (Å²) in [5.41, 5.74) is 2.97. The number of carbonyl (C=O) groups is 7. The monoisotopic (exact) mass is 661 g/mol. The van der Waals surface area contributed by atoms with Crippen LogP contribution in [-0.4, -0.2) is 99.4 Å². The number of nitrogens with one attached hydrogen (secondary N) is 4. The highest BCUT2D eigenvalue weighted by Crippen LogP contribution is 2.21. The Kier molecular flexibility index (Phi) is 14.3. The molecule has 15 heteroatoms. The molecule has 3 aliphatic rings. The van der Waals surface area contributed by atoms with E-state index in [0.29, 0.717) is 38.6 Å². The van der Waals surface area contributed by atoms with Crippen molar-refractivity contribution in [1.29, 1.82) is 0 Å². The number of amides is 5. The number of carboxylic acid groups (broad SMARTS) is 1. The summed E-state index contributed by atoms with van der Waals surface area (Å²) in [6.07, 6.45) is 5.51. The van der Waals surface area contributed by atoms with Crippen LogP contribution < -0.4 is 21.4 Å². The number of hydrazone groups is 1. The van der Waals surface area contributed by atoms with Gasteiger partial charge in [-0.3, -0.25) is 38.6 Å². The van der Waals surface area contributed by atoms with E-state index in [4.69, 9.17) is 0 Å². The zero-order valence-electron chi connectivity index (χ0n) is 28.0. The molecule has 262 valence electrons. The number of aliphatic carboxylic acids is 1. The van der Waals surface area contributed by atoms with Gasteiger partial charge in [0.1, 0.15) is 30.2 Å². The van der Waals surface area contributed by atoms with Gasteiger partial charge in [0, 0.05) is 25.6 Å². The van der Waals surface area contributed by atoms with Crippen molar-refractivity contribution in [2.75, 3.05) is 6.54 Å². The summed E-state index contributed by atoms with van der Waals surface area (Å²) in [6, 6.07) is -5.12. The van der Waals surface area contributed by atoms with E-state index in [1.807, 2.05) is 20.8 Å². The molecule has 6 atom stereocenters. The number of rotatable bonds is 11. The molecule has 0 aliphatic carbocycles. The molecule has 0 aromatic rings. The van der Waals surface area contributed by atoms with Crippen LogP contribution >= 0.6 is 0 Å². The first-order valence-electron chi connectivity index (χ1n) is 16.9. The van der Waals surface area contributed by atoms with E-state index in [0.717, 1.165) is 17.9 Å². The lowest BCUT2D eigenvalue weighted by Crippen LogP contribution is -2.61. The van der Waals surface area contributed by atoms with Crippen molar-refractivity contribution >= 4 is 47.5 Å². The lowest BCUT2D eigenvalue weighted by atomic mass is 9.96. The number of Topliss-reactive ketones (excluding diaryl/α,β-unsaturated/α-hetero) is 1. The van der Waals surface area contributed by atoms with E-state index in [2.05, 4.69) is 26.5 Å². The van der Waals surface area contributed by atoms with Gasteiger partial charge in [-0.2, -0.15) is 5.10 Å². The predicted molar refractivity (Wildman–Crippen MR) is 171 cm³/mol. The van der Waals surface area contributed by atoms with Crippen molar-refractivity contribution in [3.8, 4) is 0 Å². The summed E-state index contributed by atoms with van der Waals surface area (Å²) < 4.78 is 0. The number of hydrazine groups is 1. The lowest BCUT2D eigenvalue weighted by molar-refractivity contribution is -0.148. The second-order valence-corrected chi connectivity index (χ2v) is 13.1. The van der Waals surface area contributed by atoms with Gasteiger partial charge in [-0.1, -0.05) is 40.0 Å². The quantitative estimate of drug-likeness (QED) is 0.200. The summed E-state index contributed by atoms with van der Waals surface area (Å²) in [5, 5.41) is 24.2. The van der Waals surface area contributed by atoms with Gasteiger partial charge in [0.05, 0.1) is 5.92 Å². The zero-order valence-corrected chi connectivity index (χ0v) is 28.0. The number of carboxylic acids is 1. The van der Waals surface area contributed by atoms with E-state index < -0.39 is 71.6 Å².